The molecule has 106 valence electrons. The van der Waals surface area contributed by atoms with Crippen molar-refractivity contribution in [3.8, 4) is 16.9 Å². The van der Waals surface area contributed by atoms with Gasteiger partial charge in [0.05, 0.1) is 6.61 Å². The molecular formula is C18H23NO. The quantitative estimate of drug-likeness (QED) is 0.846. The molecule has 0 aromatic heterocycles. The molecule has 2 rings (SSSR count). The van der Waals surface area contributed by atoms with Crippen LogP contribution in [0.25, 0.3) is 11.1 Å². The van der Waals surface area contributed by atoms with Crippen LogP contribution < -0.4 is 10.1 Å². The van der Waals surface area contributed by atoms with Gasteiger partial charge in [0.2, 0.25) is 0 Å². The second-order valence-electron chi connectivity index (χ2n) is 5.15. The van der Waals surface area contributed by atoms with Crippen LogP contribution in [-0.4, -0.2) is 12.6 Å². The first-order valence-corrected chi connectivity index (χ1v) is 7.25. The fourth-order valence-electron chi connectivity index (χ4n) is 2.19. The van der Waals surface area contributed by atoms with Crippen LogP contribution in [0.4, 0.5) is 0 Å². The van der Waals surface area contributed by atoms with E-state index in [4.69, 9.17) is 4.74 Å². The summed E-state index contributed by atoms with van der Waals surface area (Å²) in [7, 11) is 0. The van der Waals surface area contributed by atoms with Gasteiger partial charge in [-0.3, -0.25) is 0 Å². The third-order valence-electron chi connectivity index (χ3n) is 3.17. The summed E-state index contributed by atoms with van der Waals surface area (Å²) >= 11 is 0. The molecule has 0 fully saturated rings. The van der Waals surface area contributed by atoms with Crippen molar-refractivity contribution in [3.63, 3.8) is 0 Å². The Morgan fingerprint density at radius 3 is 2.60 bits per heavy atom. The maximum absolute atomic E-state index is 5.59. The summed E-state index contributed by atoms with van der Waals surface area (Å²) < 4.78 is 5.59. The van der Waals surface area contributed by atoms with Crippen molar-refractivity contribution in [1.29, 1.82) is 0 Å². The van der Waals surface area contributed by atoms with Crippen LogP contribution in [0.1, 0.15) is 26.3 Å². The van der Waals surface area contributed by atoms with E-state index >= 15 is 0 Å². The minimum Gasteiger partial charge on any atom is -0.494 e. The Labute approximate surface area is 121 Å². The molecule has 0 spiro atoms. The van der Waals surface area contributed by atoms with E-state index in [9.17, 15) is 0 Å². The molecule has 2 aromatic rings. The fraction of sp³-hybridized carbons (Fsp3) is 0.333. The molecule has 0 unspecified atom stereocenters. The molecule has 0 aliphatic carbocycles. The molecule has 0 saturated heterocycles. The molecule has 0 atom stereocenters. The summed E-state index contributed by atoms with van der Waals surface area (Å²) in [4.78, 5) is 0. The topological polar surface area (TPSA) is 21.3 Å². The van der Waals surface area contributed by atoms with Crippen LogP contribution in [0.5, 0.6) is 5.75 Å². The van der Waals surface area contributed by atoms with Gasteiger partial charge in [-0.1, -0.05) is 50.2 Å². The first-order valence-electron chi connectivity index (χ1n) is 7.25. The van der Waals surface area contributed by atoms with Crippen LogP contribution in [-0.2, 0) is 6.54 Å². The monoisotopic (exact) mass is 269 g/mol. The summed E-state index contributed by atoms with van der Waals surface area (Å²) in [6, 6.07) is 17.3. The highest BCUT2D eigenvalue weighted by molar-refractivity contribution is 5.68. The number of nitrogens with one attached hydrogen (secondary N) is 1. The lowest BCUT2D eigenvalue weighted by Crippen LogP contribution is -2.22. The van der Waals surface area contributed by atoms with E-state index in [-0.39, 0.29) is 0 Å². The van der Waals surface area contributed by atoms with Gasteiger partial charge < -0.3 is 10.1 Å². The van der Waals surface area contributed by atoms with Gasteiger partial charge in [-0.2, -0.15) is 0 Å². The lowest BCUT2D eigenvalue weighted by Gasteiger charge is -2.13. The SMILES string of the molecule is CCOc1cccc(-c2ccccc2CNC(C)C)c1. The number of hydrogen-bond acceptors (Lipinski definition) is 2. The van der Waals surface area contributed by atoms with E-state index in [1.165, 1.54) is 16.7 Å². The Morgan fingerprint density at radius 2 is 1.85 bits per heavy atom. The molecule has 0 aliphatic rings. The minimum atomic E-state index is 0.484. The molecule has 0 heterocycles. The predicted octanol–water partition coefficient (Wildman–Crippen LogP) is 4.25. The van der Waals surface area contributed by atoms with Gasteiger partial charge >= 0.3 is 0 Å². The van der Waals surface area contributed by atoms with Crippen molar-refractivity contribution in [1.82, 2.24) is 5.32 Å². The predicted molar refractivity (Wildman–Crippen MR) is 85.0 cm³/mol. The minimum absolute atomic E-state index is 0.484. The van der Waals surface area contributed by atoms with Gasteiger partial charge in [0, 0.05) is 12.6 Å². The zero-order chi connectivity index (χ0) is 14.4. The Bertz CT molecular complexity index is 549. The molecule has 0 saturated carbocycles. The highest BCUT2D eigenvalue weighted by atomic mass is 16.5. The van der Waals surface area contributed by atoms with Crippen molar-refractivity contribution in [3.05, 3.63) is 54.1 Å². The summed E-state index contributed by atoms with van der Waals surface area (Å²) in [5.74, 6) is 0.927. The van der Waals surface area contributed by atoms with E-state index in [2.05, 4.69) is 55.6 Å². The van der Waals surface area contributed by atoms with Gasteiger partial charge in [0.25, 0.3) is 0 Å². The molecule has 2 aromatic carbocycles. The van der Waals surface area contributed by atoms with Gasteiger partial charge in [0.15, 0.2) is 0 Å². The summed E-state index contributed by atoms with van der Waals surface area (Å²) in [6.45, 7) is 7.91. The highest BCUT2D eigenvalue weighted by Crippen LogP contribution is 2.27. The molecule has 0 aliphatic heterocycles. The van der Waals surface area contributed by atoms with Crippen LogP contribution in [0.3, 0.4) is 0 Å². The van der Waals surface area contributed by atoms with Crippen molar-refractivity contribution < 1.29 is 4.74 Å². The third kappa shape index (κ3) is 3.84. The fourth-order valence-corrected chi connectivity index (χ4v) is 2.19. The Kier molecular flexibility index (Phi) is 5.19. The molecule has 2 heteroatoms. The molecule has 0 radical (unpaired) electrons. The van der Waals surface area contributed by atoms with Gasteiger partial charge in [-0.15, -0.1) is 0 Å². The average Bonchev–Trinajstić information content (AvgIpc) is 2.46. The summed E-state index contributed by atoms with van der Waals surface area (Å²) in [5, 5.41) is 3.48. The maximum atomic E-state index is 5.59. The van der Waals surface area contributed by atoms with Crippen molar-refractivity contribution >= 4 is 0 Å². The first-order chi connectivity index (χ1) is 9.70. The van der Waals surface area contributed by atoms with Crippen LogP contribution in [0.15, 0.2) is 48.5 Å². The lowest BCUT2D eigenvalue weighted by atomic mass is 9.99. The molecule has 0 bridgehead atoms. The summed E-state index contributed by atoms with van der Waals surface area (Å²) in [6.07, 6.45) is 0. The van der Waals surface area contributed by atoms with E-state index < -0.39 is 0 Å². The average molecular weight is 269 g/mol. The second-order valence-corrected chi connectivity index (χ2v) is 5.15. The standard InChI is InChI=1S/C18H23NO/c1-4-20-17-10-7-9-15(12-17)18-11-6-5-8-16(18)13-19-14(2)3/h5-12,14,19H,4,13H2,1-3H3. The summed E-state index contributed by atoms with van der Waals surface area (Å²) in [5.41, 5.74) is 3.79. The number of rotatable bonds is 6. The largest absolute Gasteiger partial charge is 0.494 e. The lowest BCUT2D eigenvalue weighted by molar-refractivity contribution is 0.340. The van der Waals surface area contributed by atoms with Crippen LogP contribution >= 0.6 is 0 Å². The second kappa shape index (κ2) is 7.11. The van der Waals surface area contributed by atoms with E-state index in [0.717, 1.165) is 12.3 Å². The molecule has 20 heavy (non-hydrogen) atoms. The van der Waals surface area contributed by atoms with Crippen LogP contribution in [0.2, 0.25) is 0 Å². The number of hydrogen-bond donors (Lipinski definition) is 1. The van der Waals surface area contributed by atoms with Gasteiger partial charge in [-0.05, 0) is 35.7 Å². The normalized spacial score (nSPS) is 10.8. The van der Waals surface area contributed by atoms with E-state index in [1.807, 2.05) is 19.1 Å². The Hall–Kier alpha value is -1.80. The molecule has 1 N–H and O–H groups in total. The number of benzene rings is 2. The van der Waals surface area contributed by atoms with Crippen molar-refractivity contribution in [2.45, 2.75) is 33.4 Å². The van der Waals surface area contributed by atoms with E-state index in [1.54, 1.807) is 0 Å². The molecular weight excluding hydrogens is 246 g/mol. The maximum Gasteiger partial charge on any atom is 0.119 e. The molecule has 2 nitrogen and oxygen atoms in total. The Morgan fingerprint density at radius 1 is 1.05 bits per heavy atom. The smallest absolute Gasteiger partial charge is 0.119 e. The van der Waals surface area contributed by atoms with Gasteiger partial charge in [0.1, 0.15) is 5.75 Å². The van der Waals surface area contributed by atoms with Crippen molar-refractivity contribution in [2.75, 3.05) is 6.61 Å². The molecule has 0 amide bonds. The first kappa shape index (κ1) is 14.6. The van der Waals surface area contributed by atoms with Crippen LogP contribution in [0, 0.1) is 0 Å². The van der Waals surface area contributed by atoms with E-state index in [0.29, 0.717) is 12.6 Å². The number of ether oxygens (including phenoxy) is 1. The Balaban J connectivity index is 2.29. The van der Waals surface area contributed by atoms with Gasteiger partial charge in [-0.25, -0.2) is 0 Å². The van der Waals surface area contributed by atoms with Crippen molar-refractivity contribution in [2.24, 2.45) is 0 Å². The zero-order valence-corrected chi connectivity index (χ0v) is 12.5. The highest BCUT2D eigenvalue weighted by Gasteiger charge is 2.06. The third-order valence-corrected chi connectivity index (χ3v) is 3.17. The zero-order valence-electron chi connectivity index (χ0n) is 12.5.